The van der Waals surface area contributed by atoms with Crippen LogP contribution in [-0.4, -0.2) is 20.9 Å². The van der Waals surface area contributed by atoms with Crippen LogP contribution in [0.2, 0.25) is 0 Å². The first-order chi connectivity index (χ1) is 8.90. The largest absolute Gasteiger partial charge is 0.481 e. The maximum absolute atomic E-state index is 10.8. The number of carboxylic acids is 1. The second-order valence-corrected chi connectivity index (χ2v) is 4.93. The van der Waals surface area contributed by atoms with Gasteiger partial charge in [0.05, 0.1) is 17.8 Å². The lowest BCUT2D eigenvalue weighted by Crippen LogP contribution is -2.02. The second kappa shape index (κ2) is 4.88. The van der Waals surface area contributed by atoms with E-state index in [0.717, 1.165) is 16.8 Å². The van der Waals surface area contributed by atoms with Crippen molar-refractivity contribution in [3.8, 4) is 11.3 Å². The van der Waals surface area contributed by atoms with Crippen molar-refractivity contribution in [2.24, 2.45) is 7.05 Å². The number of rotatable bonds is 3. The van der Waals surface area contributed by atoms with E-state index in [1.54, 1.807) is 4.68 Å². The number of hydrogen-bond acceptors (Lipinski definition) is 2. The number of aliphatic carboxylic acids is 1. The molecule has 0 unspecified atom stereocenters. The summed E-state index contributed by atoms with van der Waals surface area (Å²) in [6, 6.07) is 6.25. The molecule has 4 nitrogen and oxygen atoms in total. The van der Waals surface area contributed by atoms with Crippen LogP contribution >= 0.6 is 0 Å². The molecule has 0 saturated heterocycles. The lowest BCUT2D eigenvalue weighted by Gasteiger charge is -2.08. The van der Waals surface area contributed by atoms with E-state index in [1.165, 1.54) is 11.1 Å². The Kier molecular flexibility index (Phi) is 3.42. The van der Waals surface area contributed by atoms with Crippen LogP contribution in [0.15, 0.2) is 18.2 Å². The fourth-order valence-corrected chi connectivity index (χ4v) is 2.45. The van der Waals surface area contributed by atoms with E-state index < -0.39 is 5.97 Å². The summed E-state index contributed by atoms with van der Waals surface area (Å²) in [6.45, 7) is 6.05. The molecule has 0 amide bonds. The van der Waals surface area contributed by atoms with Crippen LogP contribution in [0.25, 0.3) is 11.3 Å². The standard InChI is InChI=1S/C15H18N2O2/c1-9-5-6-12(10(2)7-9)15-11(3)13(8-14(18)19)16-17(15)4/h5-7H,8H2,1-4H3,(H,18,19). The molecule has 100 valence electrons. The predicted molar refractivity (Wildman–Crippen MR) is 74.2 cm³/mol. The summed E-state index contributed by atoms with van der Waals surface area (Å²) in [6.07, 6.45) is -0.0371. The van der Waals surface area contributed by atoms with Crippen LogP contribution in [0.5, 0.6) is 0 Å². The molecule has 0 fully saturated rings. The van der Waals surface area contributed by atoms with Crippen molar-refractivity contribution in [2.45, 2.75) is 27.2 Å². The van der Waals surface area contributed by atoms with E-state index in [9.17, 15) is 4.79 Å². The zero-order chi connectivity index (χ0) is 14.2. The maximum Gasteiger partial charge on any atom is 0.309 e. The Morgan fingerprint density at radius 1 is 1.32 bits per heavy atom. The van der Waals surface area contributed by atoms with E-state index >= 15 is 0 Å². The van der Waals surface area contributed by atoms with Crippen LogP contribution in [0, 0.1) is 20.8 Å². The Bertz CT molecular complexity index is 642. The molecule has 0 aliphatic carbocycles. The number of aryl methyl sites for hydroxylation is 3. The summed E-state index contributed by atoms with van der Waals surface area (Å²) < 4.78 is 1.77. The van der Waals surface area contributed by atoms with Gasteiger partial charge in [-0.3, -0.25) is 9.48 Å². The van der Waals surface area contributed by atoms with E-state index in [4.69, 9.17) is 5.11 Å². The third kappa shape index (κ3) is 2.52. The Labute approximate surface area is 112 Å². The number of aromatic nitrogens is 2. The summed E-state index contributed by atoms with van der Waals surface area (Å²) >= 11 is 0. The minimum absolute atomic E-state index is 0.0371. The fraction of sp³-hybridized carbons (Fsp3) is 0.333. The third-order valence-corrected chi connectivity index (χ3v) is 3.34. The van der Waals surface area contributed by atoms with E-state index in [-0.39, 0.29) is 6.42 Å². The van der Waals surface area contributed by atoms with Crippen LogP contribution in [0.4, 0.5) is 0 Å². The molecule has 4 heteroatoms. The molecule has 0 bridgehead atoms. The van der Waals surface area contributed by atoms with E-state index in [0.29, 0.717) is 5.69 Å². The van der Waals surface area contributed by atoms with Crippen molar-refractivity contribution in [3.63, 3.8) is 0 Å². The Hall–Kier alpha value is -2.10. The van der Waals surface area contributed by atoms with Crippen LogP contribution in [0.3, 0.4) is 0 Å². The molecule has 2 aromatic rings. The molecule has 1 aromatic carbocycles. The highest BCUT2D eigenvalue weighted by atomic mass is 16.4. The highest BCUT2D eigenvalue weighted by Crippen LogP contribution is 2.28. The van der Waals surface area contributed by atoms with Crippen molar-refractivity contribution in [3.05, 3.63) is 40.6 Å². The monoisotopic (exact) mass is 258 g/mol. The van der Waals surface area contributed by atoms with Gasteiger partial charge in [-0.05, 0) is 31.9 Å². The van der Waals surface area contributed by atoms with Gasteiger partial charge >= 0.3 is 5.97 Å². The zero-order valence-electron chi connectivity index (χ0n) is 11.7. The van der Waals surface area contributed by atoms with Gasteiger partial charge in [0, 0.05) is 12.6 Å². The van der Waals surface area contributed by atoms with Crippen molar-refractivity contribution in [2.75, 3.05) is 0 Å². The third-order valence-electron chi connectivity index (χ3n) is 3.34. The quantitative estimate of drug-likeness (QED) is 0.920. The molecule has 0 aliphatic heterocycles. The highest BCUT2D eigenvalue weighted by Gasteiger charge is 2.17. The molecule has 19 heavy (non-hydrogen) atoms. The topological polar surface area (TPSA) is 55.1 Å². The molecule has 0 atom stereocenters. The highest BCUT2D eigenvalue weighted by molar-refractivity contribution is 5.73. The van der Waals surface area contributed by atoms with Crippen LogP contribution in [0.1, 0.15) is 22.4 Å². The molecule has 0 radical (unpaired) electrons. The molecular formula is C15H18N2O2. The van der Waals surface area contributed by atoms with Gasteiger partial charge in [-0.25, -0.2) is 0 Å². The van der Waals surface area contributed by atoms with Gasteiger partial charge in [0.2, 0.25) is 0 Å². The van der Waals surface area contributed by atoms with Gasteiger partial charge < -0.3 is 5.11 Å². The van der Waals surface area contributed by atoms with E-state index in [2.05, 4.69) is 37.1 Å². The Morgan fingerprint density at radius 2 is 2.00 bits per heavy atom. The maximum atomic E-state index is 10.8. The predicted octanol–water partition coefficient (Wildman–Crippen LogP) is 2.64. The number of nitrogens with zero attached hydrogens (tertiary/aromatic N) is 2. The zero-order valence-corrected chi connectivity index (χ0v) is 11.7. The summed E-state index contributed by atoms with van der Waals surface area (Å²) in [5, 5.41) is 13.2. The Balaban J connectivity index is 2.56. The molecule has 1 heterocycles. The minimum atomic E-state index is -0.853. The second-order valence-electron chi connectivity index (χ2n) is 4.93. The minimum Gasteiger partial charge on any atom is -0.481 e. The van der Waals surface area contributed by atoms with Gasteiger partial charge in [0.15, 0.2) is 0 Å². The molecule has 1 N–H and O–H groups in total. The van der Waals surface area contributed by atoms with Gasteiger partial charge in [0.25, 0.3) is 0 Å². The summed E-state index contributed by atoms with van der Waals surface area (Å²) in [7, 11) is 1.85. The molecule has 0 saturated carbocycles. The van der Waals surface area contributed by atoms with Gasteiger partial charge in [-0.15, -0.1) is 0 Å². The SMILES string of the molecule is Cc1ccc(-c2c(C)c(CC(=O)O)nn2C)c(C)c1. The lowest BCUT2D eigenvalue weighted by atomic mass is 9.99. The Morgan fingerprint density at radius 3 is 2.58 bits per heavy atom. The number of hydrogen-bond donors (Lipinski definition) is 1. The fourth-order valence-electron chi connectivity index (χ4n) is 2.45. The number of benzene rings is 1. The van der Waals surface area contributed by atoms with E-state index in [1.807, 2.05) is 14.0 Å². The van der Waals surface area contributed by atoms with Gasteiger partial charge in [-0.1, -0.05) is 23.8 Å². The van der Waals surface area contributed by atoms with Gasteiger partial charge in [0.1, 0.15) is 0 Å². The van der Waals surface area contributed by atoms with Crippen LogP contribution < -0.4 is 0 Å². The summed E-state index contributed by atoms with van der Waals surface area (Å²) in [5.41, 5.74) is 6.06. The first-order valence-electron chi connectivity index (χ1n) is 6.22. The molecular weight excluding hydrogens is 240 g/mol. The molecule has 0 spiro atoms. The normalized spacial score (nSPS) is 10.7. The van der Waals surface area contributed by atoms with Crippen molar-refractivity contribution >= 4 is 5.97 Å². The average molecular weight is 258 g/mol. The van der Waals surface area contributed by atoms with Crippen molar-refractivity contribution < 1.29 is 9.90 Å². The first-order valence-corrected chi connectivity index (χ1v) is 6.22. The number of carboxylic acid groups (broad SMARTS) is 1. The van der Waals surface area contributed by atoms with Gasteiger partial charge in [-0.2, -0.15) is 5.10 Å². The smallest absolute Gasteiger partial charge is 0.309 e. The average Bonchev–Trinajstić information content (AvgIpc) is 2.55. The first kappa shape index (κ1) is 13.3. The summed E-state index contributed by atoms with van der Waals surface area (Å²) in [5.74, 6) is -0.853. The molecule has 0 aliphatic rings. The van der Waals surface area contributed by atoms with Crippen molar-refractivity contribution in [1.29, 1.82) is 0 Å². The molecule has 2 rings (SSSR count). The number of carbonyl (C=O) groups is 1. The molecule has 1 aromatic heterocycles. The lowest BCUT2D eigenvalue weighted by molar-refractivity contribution is -0.136. The summed E-state index contributed by atoms with van der Waals surface area (Å²) in [4.78, 5) is 10.8. The van der Waals surface area contributed by atoms with Crippen LogP contribution in [-0.2, 0) is 18.3 Å². The van der Waals surface area contributed by atoms with Crippen molar-refractivity contribution in [1.82, 2.24) is 9.78 Å².